The highest BCUT2D eigenvalue weighted by Gasteiger charge is 2.25. The van der Waals surface area contributed by atoms with E-state index in [1.165, 1.54) is 0 Å². The lowest BCUT2D eigenvalue weighted by Gasteiger charge is -2.23. The Balaban J connectivity index is 2.25. The zero-order valence-corrected chi connectivity index (χ0v) is 10.8. The van der Waals surface area contributed by atoms with Crippen molar-refractivity contribution >= 4 is 23.2 Å². The summed E-state index contributed by atoms with van der Waals surface area (Å²) in [7, 11) is 0. The Labute approximate surface area is 111 Å². The summed E-state index contributed by atoms with van der Waals surface area (Å²) in [6.07, 6.45) is -0.134. The third kappa shape index (κ3) is 3.12. The summed E-state index contributed by atoms with van der Waals surface area (Å²) < 4.78 is 5.76. The van der Waals surface area contributed by atoms with E-state index >= 15 is 0 Å². The molecule has 2 atom stereocenters. The second-order valence-corrected chi connectivity index (χ2v) is 4.93. The Morgan fingerprint density at radius 1 is 1.35 bits per heavy atom. The highest BCUT2D eigenvalue weighted by molar-refractivity contribution is 6.42. The van der Waals surface area contributed by atoms with Gasteiger partial charge in [0.05, 0.1) is 22.8 Å². The molecule has 0 radical (unpaired) electrons. The molecule has 94 valence electrons. The number of nitrogens with one attached hydrogen (secondary N) is 1. The van der Waals surface area contributed by atoms with Crippen LogP contribution in [-0.4, -0.2) is 31.4 Å². The van der Waals surface area contributed by atoms with Gasteiger partial charge in [0.25, 0.3) is 0 Å². The zero-order valence-electron chi connectivity index (χ0n) is 9.33. The van der Waals surface area contributed by atoms with Crippen LogP contribution in [0.4, 0.5) is 0 Å². The fraction of sp³-hybridized carbons (Fsp3) is 0.500. The van der Waals surface area contributed by atoms with Crippen LogP contribution in [0.25, 0.3) is 0 Å². The number of aliphatic hydroxyl groups excluding tert-OH is 1. The Bertz CT molecular complexity index is 387. The fourth-order valence-electron chi connectivity index (χ4n) is 2.01. The minimum Gasteiger partial charge on any atom is -0.396 e. The first kappa shape index (κ1) is 13.1. The Morgan fingerprint density at radius 3 is 2.88 bits per heavy atom. The third-order valence-corrected chi connectivity index (χ3v) is 3.66. The summed E-state index contributed by atoms with van der Waals surface area (Å²) in [6.45, 7) is 2.25. The lowest BCUT2D eigenvalue weighted by molar-refractivity contribution is 0.0115. The van der Waals surface area contributed by atoms with Crippen molar-refractivity contribution in [2.75, 3.05) is 26.3 Å². The fourth-order valence-corrected chi connectivity index (χ4v) is 2.31. The van der Waals surface area contributed by atoms with E-state index in [1.807, 2.05) is 12.1 Å². The Kier molecular flexibility index (Phi) is 4.65. The summed E-state index contributed by atoms with van der Waals surface area (Å²) in [6, 6.07) is 5.46. The molecule has 0 bridgehead atoms. The lowest BCUT2D eigenvalue weighted by Crippen LogP contribution is -2.27. The number of benzene rings is 1. The summed E-state index contributed by atoms with van der Waals surface area (Å²) in [5, 5.41) is 13.7. The van der Waals surface area contributed by atoms with Crippen molar-refractivity contribution in [3.63, 3.8) is 0 Å². The highest BCUT2D eigenvalue weighted by atomic mass is 35.5. The van der Waals surface area contributed by atoms with Gasteiger partial charge in [0.15, 0.2) is 0 Å². The first-order chi connectivity index (χ1) is 8.22. The molecule has 0 spiro atoms. The minimum atomic E-state index is -0.134. The van der Waals surface area contributed by atoms with Crippen molar-refractivity contribution in [3.8, 4) is 0 Å². The molecule has 1 unspecified atom stereocenters. The van der Waals surface area contributed by atoms with E-state index in [9.17, 15) is 5.11 Å². The molecular formula is C12H15Cl2NO2. The van der Waals surface area contributed by atoms with E-state index in [1.54, 1.807) is 6.07 Å². The monoisotopic (exact) mass is 275 g/mol. The normalized spacial score (nSPS) is 25.6. The summed E-state index contributed by atoms with van der Waals surface area (Å²) in [4.78, 5) is 0. The predicted octanol–water partition coefficient (Wildman–Crippen LogP) is 2.26. The van der Waals surface area contributed by atoms with Crippen LogP contribution in [0.2, 0.25) is 10.0 Å². The van der Waals surface area contributed by atoms with E-state index in [4.69, 9.17) is 27.9 Å². The molecule has 1 aliphatic rings. The van der Waals surface area contributed by atoms with Gasteiger partial charge in [-0.2, -0.15) is 0 Å². The molecule has 1 aliphatic heterocycles. The third-order valence-electron chi connectivity index (χ3n) is 2.92. The Hall–Kier alpha value is -0.320. The van der Waals surface area contributed by atoms with Crippen LogP contribution in [0.5, 0.6) is 0 Å². The van der Waals surface area contributed by atoms with Gasteiger partial charge < -0.3 is 15.2 Å². The molecule has 1 heterocycles. The molecule has 2 rings (SSSR count). The SMILES string of the molecule is OC[C@H]1CNCCOC1c1ccc(Cl)c(Cl)c1. The number of hydrogen-bond donors (Lipinski definition) is 2. The molecule has 2 N–H and O–H groups in total. The molecular weight excluding hydrogens is 261 g/mol. The van der Waals surface area contributed by atoms with E-state index in [2.05, 4.69) is 5.32 Å². The molecule has 1 fully saturated rings. The van der Waals surface area contributed by atoms with Crippen LogP contribution < -0.4 is 5.32 Å². The zero-order chi connectivity index (χ0) is 12.3. The number of hydrogen-bond acceptors (Lipinski definition) is 3. The minimum absolute atomic E-state index is 0.0368. The van der Waals surface area contributed by atoms with Gasteiger partial charge in [-0.3, -0.25) is 0 Å². The predicted molar refractivity (Wildman–Crippen MR) is 68.6 cm³/mol. The van der Waals surface area contributed by atoms with Crippen LogP contribution in [0.1, 0.15) is 11.7 Å². The summed E-state index contributed by atoms with van der Waals surface area (Å²) in [5.74, 6) is 0.0368. The van der Waals surface area contributed by atoms with Crippen molar-refractivity contribution in [1.82, 2.24) is 5.32 Å². The van der Waals surface area contributed by atoms with E-state index in [0.717, 1.165) is 18.7 Å². The van der Waals surface area contributed by atoms with Gasteiger partial charge in [-0.15, -0.1) is 0 Å². The largest absolute Gasteiger partial charge is 0.396 e. The standard InChI is InChI=1S/C12H15Cl2NO2/c13-10-2-1-8(5-11(10)14)12-9(7-16)6-15-3-4-17-12/h1-2,5,9,12,15-16H,3-4,6-7H2/t9-,12?/m1/s1. The topological polar surface area (TPSA) is 41.5 Å². The molecule has 1 aromatic rings. The van der Waals surface area contributed by atoms with Crippen molar-refractivity contribution in [1.29, 1.82) is 0 Å². The van der Waals surface area contributed by atoms with Crippen molar-refractivity contribution in [2.45, 2.75) is 6.10 Å². The van der Waals surface area contributed by atoms with Crippen molar-refractivity contribution < 1.29 is 9.84 Å². The van der Waals surface area contributed by atoms with Crippen molar-refractivity contribution in [2.24, 2.45) is 5.92 Å². The molecule has 0 aliphatic carbocycles. The molecule has 0 amide bonds. The second-order valence-electron chi connectivity index (χ2n) is 4.11. The average molecular weight is 276 g/mol. The number of ether oxygens (including phenoxy) is 1. The van der Waals surface area contributed by atoms with Gasteiger partial charge in [-0.1, -0.05) is 29.3 Å². The van der Waals surface area contributed by atoms with Crippen molar-refractivity contribution in [3.05, 3.63) is 33.8 Å². The molecule has 5 heteroatoms. The van der Waals surface area contributed by atoms with Crippen LogP contribution >= 0.6 is 23.2 Å². The van der Waals surface area contributed by atoms with Crippen LogP contribution in [0.3, 0.4) is 0 Å². The number of aliphatic hydroxyl groups is 1. The molecule has 3 nitrogen and oxygen atoms in total. The maximum absolute atomic E-state index is 9.39. The van der Waals surface area contributed by atoms with Gasteiger partial charge in [0.2, 0.25) is 0 Å². The maximum Gasteiger partial charge on any atom is 0.0888 e. The smallest absolute Gasteiger partial charge is 0.0888 e. The van der Waals surface area contributed by atoms with Gasteiger partial charge in [-0.05, 0) is 17.7 Å². The average Bonchev–Trinajstić information content (AvgIpc) is 2.57. The van der Waals surface area contributed by atoms with Gasteiger partial charge in [0, 0.05) is 25.6 Å². The summed E-state index contributed by atoms with van der Waals surface area (Å²) in [5.41, 5.74) is 0.960. The van der Waals surface area contributed by atoms with Gasteiger partial charge in [-0.25, -0.2) is 0 Å². The van der Waals surface area contributed by atoms with Gasteiger partial charge >= 0.3 is 0 Å². The number of halogens is 2. The van der Waals surface area contributed by atoms with Crippen LogP contribution in [0.15, 0.2) is 18.2 Å². The van der Waals surface area contributed by atoms with E-state index < -0.39 is 0 Å². The van der Waals surface area contributed by atoms with E-state index in [0.29, 0.717) is 16.7 Å². The highest BCUT2D eigenvalue weighted by Crippen LogP contribution is 2.31. The molecule has 1 aromatic carbocycles. The number of rotatable bonds is 2. The van der Waals surface area contributed by atoms with E-state index in [-0.39, 0.29) is 18.6 Å². The van der Waals surface area contributed by atoms with Gasteiger partial charge in [0.1, 0.15) is 0 Å². The second kappa shape index (κ2) is 6.03. The molecule has 0 aromatic heterocycles. The lowest BCUT2D eigenvalue weighted by atomic mass is 9.96. The molecule has 1 saturated heterocycles. The van der Waals surface area contributed by atoms with Crippen LogP contribution in [0, 0.1) is 5.92 Å². The molecule has 17 heavy (non-hydrogen) atoms. The Morgan fingerprint density at radius 2 is 2.18 bits per heavy atom. The summed E-state index contributed by atoms with van der Waals surface area (Å²) >= 11 is 11.9. The first-order valence-corrected chi connectivity index (χ1v) is 6.36. The van der Waals surface area contributed by atoms with Crippen LogP contribution in [-0.2, 0) is 4.74 Å². The maximum atomic E-state index is 9.39. The quantitative estimate of drug-likeness (QED) is 0.870. The molecule has 0 saturated carbocycles. The first-order valence-electron chi connectivity index (χ1n) is 5.60.